The summed E-state index contributed by atoms with van der Waals surface area (Å²) in [6.07, 6.45) is 7.27. The topological polar surface area (TPSA) is 45.4 Å². The molecule has 4 nitrogen and oxygen atoms in total. The van der Waals surface area contributed by atoms with Crippen molar-refractivity contribution in [3.05, 3.63) is 11.1 Å². The lowest BCUT2D eigenvalue weighted by atomic mass is 10.00. The van der Waals surface area contributed by atoms with Gasteiger partial charge in [0.15, 0.2) is 5.13 Å². The molecule has 1 saturated heterocycles. The van der Waals surface area contributed by atoms with Crippen molar-refractivity contribution in [3.63, 3.8) is 0 Å². The maximum atomic E-state index is 5.65. The molecule has 1 atom stereocenters. The molecule has 0 aliphatic carbocycles. The van der Waals surface area contributed by atoms with Crippen LogP contribution in [0, 0.1) is 0 Å². The number of thiazole rings is 1. The van der Waals surface area contributed by atoms with Gasteiger partial charge in [-0.2, -0.15) is 0 Å². The molecule has 1 aliphatic rings. The van der Waals surface area contributed by atoms with Crippen LogP contribution < -0.4 is 5.73 Å². The van der Waals surface area contributed by atoms with Gasteiger partial charge < -0.3 is 15.5 Å². The monoisotopic (exact) mass is 268 g/mol. The zero-order valence-corrected chi connectivity index (χ0v) is 12.2. The highest BCUT2D eigenvalue weighted by molar-refractivity contribution is 7.15. The predicted octanol–water partition coefficient (Wildman–Crippen LogP) is 2.03. The zero-order chi connectivity index (χ0) is 13.0. The molecular formula is C13H24N4S. The molecule has 1 unspecified atom stereocenters. The van der Waals surface area contributed by atoms with Crippen molar-refractivity contribution in [1.82, 2.24) is 14.8 Å². The lowest BCUT2D eigenvalue weighted by Gasteiger charge is -2.33. The van der Waals surface area contributed by atoms with Crippen molar-refractivity contribution in [1.29, 1.82) is 0 Å². The molecule has 0 saturated carbocycles. The van der Waals surface area contributed by atoms with Gasteiger partial charge >= 0.3 is 0 Å². The summed E-state index contributed by atoms with van der Waals surface area (Å²) in [7, 11) is 4.44. The van der Waals surface area contributed by atoms with E-state index in [1.54, 1.807) is 11.3 Å². The van der Waals surface area contributed by atoms with Gasteiger partial charge in [0.1, 0.15) is 0 Å². The Morgan fingerprint density at radius 3 is 3.06 bits per heavy atom. The second-order valence-corrected chi connectivity index (χ2v) is 6.47. The molecule has 102 valence electrons. The standard InChI is InChI=1S/C13H24N4S/c1-16(10-12-9-15-13(14)18-12)8-6-11-5-3-4-7-17(11)2/h9,11H,3-8,10H2,1-2H3,(H2,14,15). The normalized spacial score (nSPS) is 21.6. The van der Waals surface area contributed by atoms with E-state index in [0.29, 0.717) is 5.13 Å². The van der Waals surface area contributed by atoms with E-state index < -0.39 is 0 Å². The third-order valence-electron chi connectivity index (χ3n) is 3.76. The number of hydrogen-bond donors (Lipinski definition) is 1. The summed E-state index contributed by atoms with van der Waals surface area (Å²) in [5.74, 6) is 0. The summed E-state index contributed by atoms with van der Waals surface area (Å²) in [5.41, 5.74) is 5.65. The van der Waals surface area contributed by atoms with Gasteiger partial charge in [-0.05, 0) is 46.4 Å². The van der Waals surface area contributed by atoms with Crippen molar-refractivity contribution in [2.75, 3.05) is 32.9 Å². The van der Waals surface area contributed by atoms with E-state index in [0.717, 1.165) is 19.1 Å². The molecule has 2 rings (SSSR count). The molecule has 2 heterocycles. The molecule has 0 bridgehead atoms. The van der Waals surface area contributed by atoms with Crippen molar-refractivity contribution in [3.8, 4) is 0 Å². The van der Waals surface area contributed by atoms with Crippen LogP contribution in [0.4, 0.5) is 5.13 Å². The molecule has 0 amide bonds. The van der Waals surface area contributed by atoms with Crippen LogP contribution in [0.2, 0.25) is 0 Å². The summed E-state index contributed by atoms with van der Waals surface area (Å²) in [5, 5.41) is 0.672. The van der Waals surface area contributed by atoms with Crippen LogP contribution in [0.5, 0.6) is 0 Å². The number of nitrogen functional groups attached to an aromatic ring is 1. The number of anilines is 1. The molecular weight excluding hydrogens is 244 g/mol. The molecule has 0 aromatic carbocycles. The Bertz CT molecular complexity index is 366. The maximum absolute atomic E-state index is 5.65. The van der Waals surface area contributed by atoms with Gasteiger partial charge in [-0.1, -0.05) is 6.42 Å². The summed E-state index contributed by atoms with van der Waals surface area (Å²) >= 11 is 1.59. The minimum absolute atomic E-state index is 0.672. The Morgan fingerprint density at radius 1 is 1.56 bits per heavy atom. The van der Waals surface area contributed by atoms with E-state index in [1.807, 2.05) is 6.20 Å². The summed E-state index contributed by atoms with van der Waals surface area (Å²) in [6.45, 7) is 3.37. The Kier molecular flexibility index (Phi) is 4.97. The van der Waals surface area contributed by atoms with E-state index >= 15 is 0 Å². The second kappa shape index (κ2) is 6.50. The number of rotatable bonds is 5. The summed E-state index contributed by atoms with van der Waals surface area (Å²) in [4.78, 5) is 10.2. The van der Waals surface area contributed by atoms with E-state index in [1.165, 1.54) is 37.1 Å². The van der Waals surface area contributed by atoms with Crippen molar-refractivity contribution in [2.45, 2.75) is 38.3 Å². The number of nitrogens with two attached hydrogens (primary N) is 1. The molecule has 0 spiro atoms. The Balaban J connectivity index is 1.72. The molecule has 1 fully saturated rings. The zero-order valence-electron chi connectivity index (χ0n) is 11.4. The molecule has 2 N–H and O–H groups in total. The third-order valence-corrected chi connectivity index (χ3v) is 4.57. The summed E-state index contributed by atoms with van der Waals surface area (Å²) < 4.78 is 0. The number of piperidine rings is 1. The Labute approximate surface area is 114 Å². The van der Waals surface area contributed by atoms with Gasteiger partial charge in [-0.15, -0.1) is 11.3 Å². The second-order valence-electron chi connectivity index (χ2n) is 5.32. The van der Waals surface area contributed by atoms with Crippen LogP contribution in [0.15, 0.2) is 6.20 Å². The van der Waals surface area contributed by atoms with Crippen LogP contribution in [0.1, 0.15) is 30.6 Å². The predicted molar refractivity (Wildman–Crippen MR) is 77.7 cm³/mol. The molecule has 5 heteroatoms. The maximum Gasteiger partial charge on any atom is 0.180 e. The minimum atomic E-state index is 0.672. The number of likely N-dealkylation sites (tertiary alicyclic amines) is 1. The lowest BCUT2D eigenvalue weighted by molar-refractivity contribution is 0.159. The van der Waals surface area contributed by atoms with Gasteiger partial charge in [-0.3, -0.25) is 0 Å². The number of aromatic nitrogens is 1. The first-order valence-electron chi connectivity index (χ1n) is 6.74. The van der Waals surface area contributed by atoms with Crippen LogP contribution in [0.25, 0.3) is 0 Å². The fourth-order valence-corrected chi connectivity index (χ4v) is 3.38. The van der Waals surface area contributed by atoms with E-state index in [9.17, 15) is 0 Å². The van der Waals surface area contributed by atoms with Gasteiger partial charge in [0.25, 0.3) is 0 Å². The van der Waals surface area contributed by atoms with E-state index in [4.69, 9.17) is 5.73 Å². The van der Waals surface area contributed by atoms with Gasteiger partial charge in [0.2, 0.25) is 0 Å². The molecule has 18 heavy (non-hydrogen) atoms. The molecule has 1 aromatic heterocycles. The van der Waals surface area contributed by atoms with Crippen LogP contribution >= 0.6 is 11.3 Å². The highest BCUT2D eigenvalue weighted by atomic mass is 32.1. The highest BCUT2D eigenvalue weighted by Gasteiger charge is 2.18. The number of nitrogens with zero attached hydrogens (tertiary/aromatic N) is 3. The molecule has 0 radical (unpaired) electrons. The first-order valence-corrected chi connectivity index (χ1v) is 7.56. The number of hydrogen-bond acceptors (Lipinski definition) is 5. The smallest absolute Gasteiger partial charge is 0.180 e. The quantitative estimate of drug-likeness (QED) is 0.887. The average Bonchev–Trinajstić information content (AvgIpc) is 2.74. The molecule has 1 aromatic rings. The lowest BCUT2D eigenvalue weighted by Crippen LogP contribution is -2.38. The van der Waals surface area contributed by atoms with Crippen molar-refractivity contribution in [2.24, 2.45) is 0 Å². The van der Waals surface area contributed by atoms with Crippen LogP contribution in [0.3, 0.4) is 0 Å². The van der Waals surface area contributed by atoms with E-state index in [2.05, 4.69) is 28.9 Å². The summed E-state index contributed by atoms with van der Waals surface area (Å²) in [6, 6.07) is 0.771. The first kappa shape index (κ1) is 13.8. The van der Waals surface area contributed by atoms with Crippen LogP contribution in [-0.4, -0.2) is 48.0 Å². The fourth-order valence-electron chi connectivity index (χ4n) is 2.62. The van der Waals surface area contributed by atoms with Crippen molar-refractivity contribution < 1.29 is 0 Å². The molecule has 1 aliphatic heterocycles. The average molecular weight is 268 g/mol. The van der Waals surface area contributed by atoms with Crippen molar-refractivity contribution >= 4 is 16.5 Å². The largest absolute Gasteiger partial charge is 0.375 e. The Hall–Kier alpha value is -0.650. The van der Waals surface area contributed by atoms with Gasteiger partial charge in [-0.25, -0.2) is 4.98 Å². The fraction of sp³-hybridized carbons (Fsp3) is 0.769. The SMILES string of the molecule is CN(CCC1CCCCN1C)Cc1cnc(N)s1. The van der Waals surface area contributed by atoms with E-state index in [-0.39, 0.29) is 0 Å². The minimum Gasteiger partial charge on any atom is -0.375 e. The van der Waals surface area contributed by atoms with Crippen LogP contribution in [-0.2, 0) is 6.54 Å². The Morgan fingerprint density at radius 2 is 2.39 bits per heavy atom. The highest BCUT2D eigenvalue weighted by Crippen LogP contribution is 2.19. The third kappa shape index (κ3) is 3.93. The van der Waals surface area contributed by atoms with Gasteiger partial charge in [0, 0.05) is 23.7 Å². The first-order chi connectivity index (χ1) is 8.65. The van der Waals surface area contributed by atoms with Gasteiger partial charge in [0.05, 0.1) is 0 Å².